The lowest BCUT2D eigenvalue weighted by Crippen LogP contribution is -2.33. The number of carbonyl (C=O) groups is 1. The highest BCUT2D eigenvalue weighted by molar-refractivity contribution is 7.86. The average molecular weight is 532 g/mol. The quantitative estimate of drug-likeness (QED) is 0.332. The Morgan fingerprint density at radius 1 is 1.03 bits per heavy atom. The average Bonchev–Trinajstić information content (AvgIpc) is 2.99. The van der Waals surface area contributed by atoms with E-state index in [1.165, 1.54) is 24.3 Å². The Balaban J connectivity index is 1.90. The number of benzene rings is 3. The molecule has 0 saturated heterocycles. The molecule has 3 aromatic carbocycles. The smallest absolute Gasteiger partial charge is 0.335 e. The number of hydrogen-bond acceptors (Lipinski definition) is 6. The number of nitrogens with zero attached hydrogens (tertiary/aromatic N) is 1. The van der Waals surface area contributed by atoms with Crippen LogP contribution in [0.25, 0.3) is 10.8 Å². The lowest BCUT2D eigenvalue weighted by atomic mass is 9.73. The van der Waals surface area contributed by atoms with Crippen LogP contribution in [0.4, 0.5) is 5.69 Å². The van der Waals surface area contributed by atoms with Gasteiger partial charge >= 0.3 is 5.97 Å². The molecule has 9 nitrogen and oxygen atoms in total. The number of carboxylic acid groups (broad SMARTS) is 1. The van der Waals surface area contributed by atoms with Crippen molar-refractivity contribution in [2.45, 2.75) is 37.0 Å². The summed E-state index contributed by atoms with van der Waals surface area (Å²) in [5.74, 6) is -1.55. The van der Waals surface area contributed by atoms with E-state index >= 15 is 0 Å². The third-order valence-corrected chi connectivity index (χ3v) is 8.49. The second-order valence-corrected chi connectivity index (χ2v) is 12.1. The molecule has 11 heteroatoms. The third-order valence-electron chi connectivity index (χ3n) is 6.85. The molecule has 0 radical (unpaired) electrons. The third kappa shape index (κ3) is 4.92. The topological polar surface area (TPSA) is 152 Å². The molecule has 0 fully saturated rings. The predicted octanol–water partition coefficient (Wildman–Crippen LogP) is 3.34. The molecule has 2 N–H and O–H groups in total. The van der Waals surface area contributed by atoms with Crippen LogP contribution in [0.1, 0.15) is 41.8 Å². The molecule has 1 aliphatic heterocycles. The van der Waals surface area contributed by atoms with Gasteiger partial charge < -0.3 is 9.66 Å². The molecule has 1 heterocycles. The van der Waals surface area contributed by atoms with Crippen molar-refractivity contribution in [3.8, 4) is 0 Å². The first kappa shape index (κ1) is 26.0. The van der Waals surface area contributed by atoms with Crippen LogP contribution in [0.15, 0.2) is 59.5 Å². The standard InChI is InChI=1S/C25H25NO8S2/c1-16-25(2,15-17-4-6-19(7-5-17)24(27)28)23-21-14-20(36(32,33)34)10-8-18(21)9-11-22(23)26(16)12-3-13-35(29,30)31/h4-11,14H,3,12-13,15H2,1-2H3,(H2-,27,28,29,30,31,32,33,34). The number of aromatic carboxylic acids is 1. The Morgan fingerprint density at radius 2 is 1.67 bits per heavy atom. The molecule has 4 rings (SSSR count). The lowest BCUT2D eigenvalue weighted by molar-refractivity contribution is -0.438. The Hall–Kier alpha value is -3.12. The summed E-state index contributed by atoms with van der Waals surface area (Å²) >= 11 is 0. The SMILES string of the molecule is CC1=[N+](CCCS(=O)(=O)[O-])c2ccc3ccc(S(=O)(=O)O)cc3c2C1(C)Cc1ccc(C(=O)O)cc1. The van der Waals surface area contributed by atoms with E-state index in [2.05, 4.69) is 0 Å². The van der Waals surface area contributed by atoms with E-state index < -0.39 is 37.4 Å². The highest BCUT2D eigenvalue weighted by Crippen LogP contribution is 2.46. The maximum absolute atomic E-state index is 11.9. The summed E-state index contributed by atoms with van der Waals surface area (Å²) in [6, 6.07) is 14.5. The molecule has 0 aliphatic carbocycles. The monoisotopic (exact) mass is 531 g/mol. The fourth-order valence-corrected chi connectivity index (χ4v) is 5.98. The first-order chi connectivity index (χ1) is 16.7. The van der Waals surface area contributed by atoms with Gasteiger partial charge in [0.05, 0.1) is 26.0 Å². The predicted molar refractivity (Wildman–Crippen MR) is 133 cm³/mol. The zero-order chi connectivity index (χ0) is 26.5. The summed E-state index contributed by atoms with van der Waals surface area (Å²) in [6.07, 6.45) is 0.548. The molecule has 0 amide bonds. The second kappa shape index (κ2) is 9.07. The molecule has 3 aromatic rings. The van der Waals surface area contributed by atoms with Crippen LogP contribution in [0, 0.1) is 0 Å². The van der Waals surface area contributed by atoms with Crippen molar-refractivity contribution >= 4 is 48.4 Å². The highest BCUT2D eigenvalue weighted by Gasteiger charge is 2.47. The lowest BCUT2D eigenvalue weighted by Gasteiger charge is -2.24. The molecule has 190 valence electrons. The van der Waals surface area contributed by atoms with E-state index in [1.54, 1.807) is 18.2 Å². The van der Waals surface area contributed by atoms with Gasteiger partial charge in [0, 0.05) is 30.7 Å². The van der Waals surface area contributed by atoms with Gasteiger partial charge in [-0.1, -0.05) is 18.2 Å². The zero-order valence-corrected chi connectivity index (χ0v) is 21.3. The minimum Gasteiger partial charge on any atom is -0.748 e. The van der Waals surface area contributed by atoms with Crippen molar-refractivity contribution in [2.75, 3.05) is 12.3 Å². The molecule has 36 heavy (non-hydrogen) atoms. The van der Waals surface area contributed by atoms with Gasteiger partial charge in [-0.15, -0.1) is 0 Å². The van der Waals surface area contributed by atoms with Crippen LogP contribution >= 0.6 is 0 Å². The van der Waals surface area contributed by atoms with E-state index in [1.807, 2.05) is 30.6 Å². The molecular weight excluding hydrogens is 506 g/mol. The van der Waals surface area contributed by atoms with Crippen molar-refractivity contribution in [2.24, 2.45) is 0 Å². The number of rotatable bonds is 8. The minimum absolute atomic E-state index is 0.106. The van der Waals surface area contributed by atoms with Crippen LogP contribution in [0.2, 0.25) is 0 Å². The molecule has 0 spiro atoms. The van der Waals surface area contributed by atoms with Gasteiger partial charge in [0.1, 0.15) is 6.54 Å². The number of fused-ring (bicyclic) bond motifs is 3. The summed E-state index contributed by atoms with van der Waals surface area (Å²) in [4.78, 5) is 11.0. The molecule has 1 unspecified atom stereocenters. The van der Waals surface area contributed by atoms with E-state index in [0.717, 1.165) is 27.9 Å². The normalized spacial score (nSPS) is 18.0. The molecule has 0 bridgehead atoms. The number of carboxylic acids is 1. The van der Waals surface area contributed by atoms with Crippen LogP contribution < -0.4 is 0 Å². The van der Waals surface area contributed by atoms with E-state index in [0.29, 0.717) is 11.8 Å². The van der Waals surface area contributed by atoms with Crippen molar-refractivity contribution in [1.29, 1.82) is 0 Å². The Kier molecular flexibility index (Phi) is 6.54. The van der Waals surface area contributed by atoms with Crippen LogP contribution in [-0.4, -0.2) is 59.6 Å². The largest absolute Gasteiger partial charge is 0.748 e. The van der Waals surface area contributed by atoms with Crippen molar-refractivity contribution in [3.05, 3.63) is 71.3 Å². The van der Waals surface area contributed by atoms with Gasteiger partial charge in [-0.25, -0.2) is 13.2 Å². The Morgan fingerprint density at radius 3 is 2.25 bits per heavy atom. The number of hydrogen-bond donors (Lipinski definition) is 2. The second-order valence-electron chi connectivity index (χ2n) is 9.18. The van der Waals surface area contributed by atoms with Crippen molar-refractivity contribution in [3.63, 3.8) is 0 Å². The highest BCUT2D eigenvalue weighted by atomic mass is 32.2. The minimum atomic E-state index is -4.46. The maximum atomic E-state index is 11.9. The van der Waals surface area contributed by atoms with Gasteiger partial charge in [-0.05, 0) is 60.0 Å². The van der Waals surface area contributed by atoms with Gasteiger partial charge in [0.25, 0.3) is 10.1 Å². The zero-order valence-electron chi connectivity index (χ0n) is 19.6. The van der Waals surface area contributed by atoms with Crippen molar-refractivity contribution in [1.82, 2.24) is 0 Å². The fourth-order valence-electron chi connectivity index (χ4n) is 4.99. The fraction of sp³-hybridized carbons (Fsp3) is 0.280. The van der Waals surface area contributed by atoms with E-state index in [4.69, 9.17) is 0 Å². The van der Waals surface area contributed by atoms with Gasteiger partial charge in [-0.2, -0.15) is 13.0 Å². The molecule has 0 aromatic heterocycles. The summed E-state index contributed by atoms with van der Waals surface area (Å²) in [5, 5.41) is 10.6. The Labute approximate surface area is 209 Å². The van der Waals surface area contributed by atoms with E-state index in [-0.39, 0.29) is 23.4 Å². The molecule has 1 aliphatic rings. The molecule has 0 saturated carbocycles. The van der Waals surface area contributed by atoms with Crippen LogP contribution in [0.5, 0.6) is 0 Å². The van der Waals surface area contributed by atoms with Crippen molar-refractivity contribution < 1.29 is 40.4 Å². The summed E-state index contributed by atoms with van der Waals surface area (Å²) < 4.78 is 68.9. The summed E-state index contributed by atoms with van der Waals surface area (Å²) in [6.45, 7) is 4.14. The van der Waals surface area contributed by atoms with E-state index in [9.17, 15) is 35.8 Å². The molecular formula is C25H25NO8S2. The maximum Gasteiger partial charge on any atom is 0.335 e. The van der Waals surface area contributed by atoms with Crippen LogP contribution in [-0.2, 0) is 32.1 Å². The Bertz CT molecular complexity index is 1620. The van der Waals surface area contributed by atoms with Gasteiger partial charge in [-0.3, -0.25) is 4.55 Å². The molecule has 1 atom stereocenters. The first-order valence-corrected chi connectivity index (χ1v) is 14.1. The van der Waals surface area contributed by atoms with Gasteiger partial charge in [0.15, 0.2) is 5.71 Å². The summed E-state index contributed by atoms with van der Waals surface area (Å²) in [7, 11) is -8.84. The van der Waals surface area contributed by atoms with Gasteiger partial charge in [0.2, 0.25) is 5.69 Å². The van der Waals surface area contributed by atoms with Crippen LogP contribution in [0.3, 0.4) is 0 Å². The first-order valence-electron chi connectivity index (χ1n) is 11.1. The summed E-state index contributed by atoms with van der Waals surface area (Å²) in [5.41, 5.74) is 2.73.